The van der Waals surface area contributed by atoms with Crippen molar-refractivity contribution in [3.8, 4) is 0 Å². The first-order chi connectivity index (χ1) is 5.62. The van der Waals surface area contributed by atoms with Gasteiger partial charge in [-0.1, -0.05) is 6.07 Å². The second kappa shape index (κ2) is 2.30. The van der Waals surface area contributed by atoms with E-state index in [1.165, 1.54) is 11.3 Å². The molecule has 12 heavy (non-hydrogen) atoms. The van der Waals surface area contributed by atoms with Crippen molar-refractivity contribution < 1.29 is 0 Å². The molecule has 0 saturated heterocycles. The Morgan fingerprint density at radius 1 is 1.50 bits per heavy atom. The van der Waals surface area contributed by atoms with Crippen molar-refractivity contribution in [3.63, 3.8) is 0 Å². The molecule has 0 amide bonds. The van der Waals surface area contributed by atoms with Crippen LogP contribution in [0.1, 0.15) is 25.1 Å². The van der Waals surface area contributed by atoms with E-state index in [4.69, 9.17) is 0 Å². The topological polar surface area (TPSA) is 16.1 Å². The molecule has 0 fully saturated rings. The number of aromatic nitrogens is 1. The zero-order valence-corrected chi connectivity index (χ0v) is 7.83. The summed E-state index contributed by atoms with van der Waals surface area (Å²) in [6.07, 6.45) is 1.87. The van der Waals surface area contributed by atoms with Gasteiger partial charge in [0.15, 0.2) is 0 Å². The van der Waals surface area contributed by atoms with Gasteiger partial charge in [0, 0.05) is 12.7 Å². The van der Waals surface area contributed by atoms with Crippen LogP contribution in [0.4, 0.5) is 0 Å². The Balaban J connectivity index is 2.55. The monoisotopic (exact) mass is 162 g/mol. The smallest absolute Gasteiger partial charge is 0.0646 e. The Labute approximate surface area is 73.2 Å². The van der Waals surface area contributed by atoms with Crippen LogP contribution in [0, 0.1) is 0 Å². The highest BCUT2D eigenvalue weighted by Crippen LogP contribution is 2.35. The zero-order chi connectivity index (χ0) is 8.77. The predicted octanol–water partition coefficient (Wildman–Crippen LogP) is 1.76. The van der Waals surface area contributed by atoms with E-state index in [2.05, 4.69) is 36.8 Å². The first-order valence-electron chi connectivity index (χ1n) is 4.28. The fraction of sp³-hybridized carbons (Fsp3) is 0.500. The molecule has 0 atom stereocenters. The third-order valence-electron chi connectivity index (χ3n) is 2.83. The summed E-state index contributed by atoms with van der Waals surface area (Å²) in [5, 5.41) is 0. The van der Waals surface area contributed by atoms with Crippen LogP contribution in [-0.2, 0) is 12.1 Å². The van der Waals surface area contributed by atoms with Crippen molar-refractivity contribution in [2.75, 3.05) is 7.05 Å². The van der Waals surface area contributed by atoms with Crippen LogP contribution in [0.25, 0.3) is 0 Å². The molecule has 2 heteroatoms. The van der Waals surface area contributed by atoms with Crippen molar-refractivity contribution in [3.05, 3.63) is 29.6 Å². The second-order valence-electron chi connectivity index (χ2n) is 3.93. The predicted molar refractivity (Wildman–Crippen MR) is 48.7 cm³/mol. The lowest BCUT2D eigenvalue weighted by Gasteiger charge is -2.27. The molecule has 2 nitrogen and oxygen atoms in total. The highest BCUT2D eigenvalue weighted by molar-refractivity contribution is 5.30. The lowest BCUT2D eigenvalue weighted by Crippen LogP contribution is -2.32. The number of hydrogen-bond donors (Lipinski definition) is 0. The van der Waals surface area contributed by atoms with Crippen molar-refractivity contribution in [1.82, 2.24) is 9.88 Å². The van der Waals surface area contributed by atoms with Gasteiger partial charge >= 0.3 is 0 Å². The highest BCUT2D eigenvalue weighted by atomic mass is 15.2. The number of rotatable bonds is 0. The largest absolute Gasteiger partial charge is 0.291 e. The lowest BCUT2D eigenvalue weighted by atomic mass is 10.0. The van der Waals surface area contributed by atoms with Gasteiger partial charge < -0.3 is 0 Å². The molecule has 1 aliphatic heterocycles. The fourth-order valence-electron chi connectivity index (χ4n) is 1.75. The van der Waals surface area contributed by atoms with Crippen molar-refractivity contribution in [1.29, 1.82) is 0 Å². The molecule has 1 aromatic rings. The Kier molecular flexibility index (Phi) is 1.48. The molecular formula is C10H14N2. The van der Waals surface area contributed by atoms with Crippen LogP contribution in [0.2, 0.25) is 0 Å². The van der Waals surface area contributed by atoms with Crippen LogP contribution in [-0.4, -0.2) is 16.9 Å². The summed E-state index contributed by atoms with van der Waals surface area (Å²) in [5.74, 6) is 0. The molecular weight excluding hydrogens is 148 g/mol. The van der Waals surface area contributed by atoms with E-state index in [9.17, 15) is 0 Å². The summed E-state index contributed by atoms with van der Waals surface area (Å²) in [6, 6.07) is 4.17. The van der Waals surface area contributed by atoms with Crippen molar-refractivity contribution in [2.24, 2.45) is 0 Å². The maximum absolute atomic E-state index is 4.42. The third kappa shape index (κ3) is 0.879. The summed E-state index contributed by atoms with van der Waals surface area (Å²) < 4.78 is 0. The van der Waals surface area contributed by atoms with Crippen LogP contribution < -0.4 is 0 Å². The average molecular weight is 162 g/mol. The molecule has 0 unspecified atom stereocenters. The van der Waals surface area contributed by atoms with Crippen LogP contribution in [0.3, 0.4) is 0 Å². The molecule has 0 saturated carbocycles. The summed E-state index contributed by atoms with van der Waals surface area (Å²) in [5.41, 5.74) is 2.70. The van der Waals surface area contributed by atoms with E-state index in [1.54, 1.807) is 0 Å². The maximum Gasteiger partial charge on any atom is 0.0646 e. The molecule has 0 spiro atoms. The minimum absolute atomic E-state index is 0.108. The van der Waals surface area contributed by atoms with Gasteiger partial charge in [-0.05, 0) is 32.5 Å². The van der Waals surface area contributed by atoms with Crippen LogP contribution >= 0.6 is 0 Å². The van der Waals surface area contributed by atoms with E-state index in [1.807, 2.05) is 12.3 Å². The molecule has 0 radical (unpaired) electrons. The Hall–Kier alpha value is -0.890. The van der Waals surface area contributed by atoms with Gasteiger partial charge in [-0.25, -0.2) is 0 Å². The number of pyridine rings is 1. The Bertz CT molecular complexity index is 304. The standard InChI is InChI=1S/C10H14N2/c1-10(2)9-8(7-12(10)3)5-4-6-11-9/h4-6H,7H2,1-3H3. The third-order valence-corrected chi connectivity index (χ3v) is 2.83. The van der Waals surface area contributed by atoms with E-state index in [0.29, 0.717) is 0 Å². The fourth-order valence-corrected chi connectivity index (χ4v) is 1.75. The summed E-state index contributed by atoms with van der Waals surface area (Å²) in [7, 11) is 2.14. The van der Waals surface area contributed by atoms with Gasteiger partial charge in [0.05, 0.1) is 11.2 Å². The maximum atomic E-state index is 4.42. The summed E-state index contributed by atoms with van der Waals surface area (Å²) in [4.78, 5) is 6.74. The summed E-state index contributed by atoms with van der Waals surface area (Å²) in [6.45, 7) is 5.45. The second-order valence-corrected chi connectivity index (χ2v) is 3.93. The number of fused-ring (bicyclic) bond motifs is 1. The van der Waals surface area contributed by atoms with Gasteiger partial charge in [0.2, 0.25) is 0 Å². The van der Waals surface area contributed by atoms with Crippen LogP contribution in [0.5, 0.6) is 0 Å². The quantitative estimate of drug-likeness (QED) is 0.578. The molecule has 1 aromatic heterocycles. The molecule has 1 aliphatic rings. The van der Waals surface area contributed by atoms with Crippen molar-refractivity contribution >= 4 is 0 Å². The zero-order valence-electron chi connectivity index (χ0n) is 7.83. The molecule has 64 valence electrons. The Morgan fingerprint density at radius 2 is 2.25 bits per heavy atom. The van der Waals surface area contributed by atoms with E-state index in [-0.39, 0.29) is 5.54 Å². The minimum Gasteiger partial charge on any atom is -0.291 e. The molecule has 2 rings (SSSR count). The van der Waals surface area contributed by atoms with Gasteiger partial charge in [-0.2, -0.15) is 0 Å². The average Bonchev–Trinajstić information content (AvgIpc) is 2.25. The normalized spacial score (nSPS) is 20.9. The number of nitrogens with zero attached hydrogens (tertiary/aromatic N) is 2. The van der Waals surface area contributed by atoms with Crippen LogP contribution in [0.15, 0.2) is 18.3 Å². The molecule has 0 N–H and O–H groups in total. The first-order valence-corrected chi connectivity index (χ1v) is 4.28. The lowest BCUT2D eigenvalue weighted by molar-refractivity contribution is 0.175. The number of hydrogen-bond acceptors (Lipinski definition) is 2. The Morgan fingerprint density at radius 3 is 2.92 bits per heavy atom. The van der Waals surface area contributed by atoms with Gasteiger partial charge in [0.1, 0.15) is 0 Å². The summed E-state index contributed by atoms with van der Waals surface area (Å²) >= 11 is 0. The van der Waals surface area contributed by atoms with E-state index in [0.717, 1.165) is 6.54 Å². The molecule has 2 heterocycles. The van der Waals surface area contributed by atoms with E-state index >= 15 is 0 Å². The first kappa shape index (κ1) is 7.74. The SMILES string of the molecule is CN1Cc2cccnc2C1(C)C. The minimum atomic E-state index is 0.108. The molecule has 0 aromatic carbocycles. The molecule has 0 aliphatic carbocycles. The van der Waals surface area contributed by atoms with Gasteiger partial charge in [-0.15, -0.1) is 0 Å². The molecule has 0 bridgehead atoms. The van der Waals surface area contributed by atoms with Gasteiger partial charge in [0.25, 0.3) is 0 Å². The highest BCUT2D eigenvalue weighted by Gasteiger charge is 2.35. The van der Waals surface area contributed by atoms with Crippen molar-refractivity contribution in [2.45, 2.75) is 25.9 Å². The van der Waals surface area contributed by atoms with E-state index < -0.39 is 0 Å². The van der Waals surface area contributed by atoms with Gasteiger partial charge in [-0.3, -0.25) is 9.88 Å².